The van der Waals surface area contributed by atoms with Crippen LogP contribution in [-0.4, -0.2) is 18.3 Å². The van der Waals surface area contributed by atoms with E-state index >= 15 is 0 Å². The number of aliphatic hydroxyl groups is 1. The molecular weight excluding hydrogens is 224 g/mol. The third-order valence-electron chi connectivity index (χ3n) is 3.42. The lowest BCUT2D eigenvalue weighted by atomic mass is 9.77. The molecule has 0 aromatic heterocycles. The molecule has 2 nitrogen and oxygen atoms in total. The Kier molecular flexibility index (Phi) is 3.53. The molecule has 1 fully saturated rings. The highest BCUT2D eigenvalue weighted by Gasteiger charge is 2.40. The van der Waals surface area contributed by atoms with E-state index in [0.717, 1.165) is 31.2 Å². The lowest BCUT2D eigenvalue weighted by Crippen LogP contribution is -2.43. The van der Waals surface area contributed by atoms with Crippen LogP contribution in [0.1, 0.15) is 31.2 Å². The lowest BCUT2D eigenvalue weighted by Gasteiger charge is -2.39. The van der Waals surface area contributed by atoms with Gasteiger partial charge >= 0.3 is 0 Å². The molecule has 1 aromatic carbocycles. The number of hydrogen-bond donors (Lipinski definition) is 1. The summed E-state index contributed by atoms with van der Waals surface area (Å²) in [6.45, 7) is 0. The van der Waals surface area contributed by atoms with Gasteiger partial charge in [-0.25, -0.2) is 0 Å². The van der Waals surface area contributed by atoms with Crippen LogP contribution in [-0.2, 0) is 10.3 Å². The van der Waals surface area contributed by atoms with Crippen molar-refractivity contribution in [1.29, 1.82) is 0 Å². The zero-order valence-corrected chi connectivity index (χ0v) is 10.2. The van der Waals surface area contributed by atoms with Crippen molar-refractivity contribution < 1.29 is 9.84 Å². The SMILES string of the molecule is COC1CCCCC1(O)c1cccc(Cl)c1. The molecule has 1 saturated carbocycles. The topological polar surface area (TPSA) is 29.5 Å². The minimum Gasteiger partial charge on any atom is -0.382 e. The number of methoxy groups -OCH3 is 1. The van der Waals surface area contributed by atoms with Crippen molar-refractivity contribution in [3.05, 3.63) is 34.9 Å². The van der Waals surface area contributed by atoms with Crippen molar-refractivity contribution in [2.75, 3.05) is 7.11 Å². The Bertz CT molecular complexity index is 367. The van der Waals surface area contributed by atoms with E-state index in [4.69, 9.17) is 16.3 Å². The molecule has 0 aliphatic heterocycles. The van der Waals surface area contributed by atoms with E-state index in [1.165, 1.54) is 0 Å². The normalized spacial score (nSPS) is 30.3. The van der Waals surface area contributed by atoms with Gasteiger partial charge in [0.2, 0.25) is 0 Å². The summed E-state index contributed by atoms with van der Waals surface area (Å²) < 4.78 is 5.41. The maximum Gasteiger partial charge on any atom is 0.116 e. The van der Waals surface area contributed by atoms with Crippen LogP contribution >= 0.6 is 11.6 Å². The highest BCUT2D eigenvalue weighted by molar-refractivity contribution is 6.30. The Hall–Kier alpha value is -0.570. The number of rotatable bonds is 2. The summed E-state index contributed by atoms with van der Waals surface area (Å²) in [6, 6.07) is 7.44. The molecule has 0 spiro atoms. The van der Waals surface area contributed by atoms with E-state index < -0.39 is 5.60 Å². The molecule has 16 heavy (non-hydrogen) atoms. The second-order valence-electron chi connectivity index (χ2n) is 4.40. The second-order valence-corrected chi connectivity index (χ2v) is 4.84. The smallest absolute Gasteiger partial charge is 0.116 e. The van der Waals surface area contributed by atoms with E-state index in [2.05, 4.69) is 0 Å². The summed E-state index contributed by atoms with van der Waals surface area (Å²) >= 11 is 5.97. The Balaban J connectivity index is 2.34. The predicted octanol–water partition coefficient (Wildman–Crippen LogP) is 3.12. The van der Waals surface area contributed by atoms with Gasteiger partial charge in [0.1, 0.15) is 5.60 Å². The highest BCUT2D eigenvalue weighted by Crippen LogP contribution is 2.39. The first-order valence-electron chi connectivity index (χ1n) is 5.68. The molecule has 1 aliphatic rings. The molecule has 2 atom stereocenters. The fourth-order valence-electron chi connectivity index (χ4n) is 2.52. The Labute approximate surface area is 101 Å². The molecule has 0 radical (unpaired) electrons. The van der Waals surface area contributed by atoms with Crippen LogP contribution in [0.5, 0.6) is 0 Å². The van der Waals surface area contributed by atoms with E-state index in [1.807, 2.05) is 24.3 Å². The number of hydrogen-bond acceptors (Lipinski definition) is 2. The maximum absolute atomic E-state index is 10.7. The maximum atomic E-state index is 10.7. The minimum atomic E-state index is -0.877. The standard InChI is InChI=1S/C13H17ClO2/c1-16-12-7-2-3-8-13(12,15)10-5-4-6-11(14)9-10/h4-6,9,12,15H,2-3,7-8H2,1H3. The van der Waals surface area contributed by atoms with Gasteiger partial charge in [0.05, 0.1) is 6.10 Å². The van der Waals surface area contributed by atoms with E-state index in [0.29, 0.717) is 5.02 Å². The van der Waals surface area contributed by atoms with Gasteiger partial charge < -0.3 is 9.84 Å². The van der Waals surface area contributed by atoms with Crippen LogP contribution in [0.15, 0.2) is 24.3 Å². The van der Waals surface area contributed by atoms with E-state index in [-0.39, 0.29) is 6.10 Å². The Morgan fingerprint density at radius 3 is 2.94 bits per heavy atom. The molecule has 1 aliphatic carbocycles. The predicted molar refractivity (Wildman–Crippen MR) is 64.6 cm³/mol. The van der Waals surface area contributed by atoms with Gasteiger partial charge in [-0.15, -0.1) is 0 Å². The van der Waals surface area contributed by atoms with Crippen molar-refractivity contribution in [2.45, 2.75) is 37.4 Å². The Morgan fingerprint density at radius 1 is 1.44 bits per heavy atom. The molecule has 2 rings (SSSR count). The summed E-state index contributed by atoms with van der Waals surface area (Å²) in [4.78, 5) is 0. The van der Waals surface area contributed by atoms with E-state index in [9.17, 15) is 5.11 Å². The minimum absolute atomic E-state index is 0.125. The second kappa shape index (κ2) is 4.74. The first-order chi connectivity index (χ1) is 7.66. The monoisotopic (exact) mass is 240 g/mol. The zero-order valence-electron chi connectivity index (χ0n) is 9.45. The number of ether oxygens (including phenoxy) is 1. The van der Waals surface area contributed by atoms with Crippen molar-refractivity contribution in [2.24, 2.45) is 0 Å². The number of benzene rings is 1. The molecule has 1 aromatic rings. The summed E-state index contributed by atoms with van der Waals surface area (Å²) in [6.07, 6.45) is 3.66. The molecule has 0 amide bonds. The fraction of sp³-hybridized carbons (Fsp3) is 0.538. The van der Waals surface area contributed by atoms with Gasteiger partial charge in [-0.05, 0) is 30.5 Å². The lowest BCUT2D eigenvalue weighted by molar-refractivity contribution is -0.122. The van der Waals surface area contributed by atoms with Crippen molar-refractivity contribution in [3.63, 3.8) is 0 Å². The molecular formula is C13H17ClO2. The Morgan fingerprint density at radius 2 is 2.25 bits per heavy atom. The summed E-state index contributed by atoms with van der Waals surface area (Å²) in [5.41, 5.74) is -0.00991. The molecule has 0 heterocycles. The van der Waals surface area contributed by atoms with Crippen molar-refractivity contribution in [3.8, 4) is 0 Å². The van der Waals surface area contributed by atoms with Crippen molar-refractivity contribution >= 4 is 11.6 Å². The summed E-state index contributed by atoms with van der Waals surface area (Å²) in [7, 11) is 1.66. The van der Waals surface area contributed by atoms with Crippen LogP contribution < -0.4 is 0 Å². The van der Waals surface area contributed by atoms with Gasteiger partial charge in [0.25, 0.3) is 0 Å². The fourth-order valence-corrected chi connectivity index (χ4v) is 2.72. The van der Waals surface area contributed by atoms with Crippen LogP contribution in [0.3, 0.4) is 0 Å². The molecule has 2 unspecified atom stereocenters. The molecule has 3 heteroatoms. The molecule has 88 valence electrons. The van der Waals surface area contributed by atoms with Gasteiger partial charge in [-0.2, -0.15) is 0 Å². The molecule has 0 saturated heterocycles. The van der Waals surface area contributed by atoms with Crippen molar-refractivity contribution in [1.82, 2.24) is 0 Å². The first-order valence-corrected chi connectivity index (χ1v) is 6.06. The van der Waals surface area contributed by atoms with Crippen LogP contribution in [0, 0.1) is 0 Å². The van der Waals surface area contributed by atoms with Gasteiger partial charge in [-0.1, -0.05) is 36.6 Å². The van der Waals surface area contributed by atoms with Crippen LogP contribution in [0.2, 0.25) is 5.02 Å². The van der Waals surface area contributed by atoms with Gasteiger partial charge in [0, 0.05) is 12.1 Å². The quantitative estimate of drug-likeness (QED) is 0.861. The van der Waals surface area contributed by atoms with Crippen LogP contribution in [0.25, 0.3) is 0 Å². The summed E-state index contributed by atoms with van der Waals surface area (Å²) in [5, 5.41) is 11.4. The average molecular weight is 241 g/mol. The average Bonchev–Trinajstić information content (AvgIpc) is 2.30. The zero-order chi connectivity index (χ0) is 11.6. The largest absolute Gasteiger partial charge is 0.382 e. The van der Waals surface area contributed by atoms with Crippen LogP contribution in [0.4, 0.5) is 0 Å². The van der Waals surface area contributed by atoms with E-state index in [1.54, 1.807) is 7.11 Å². The third kappa shape index (κ3) is 2.10. The summed E-state index contributed by atoms with van der Waals surface area (Å²) in [5.74, 6) is 0. The van der Waals surface area contributed by atoms with Gasteiger partial charge in [0.15, 0.2) is 0 Å². The third-order valence-corrected chi connectivity index (χ3v) is 3.65. The molecule has 1 N–H and O–H groups in total. The number of halogens is 1. The van der Waals surface area contributed by atoms with Gasteiger partial charge in [-0.3, -0.25) is 0 Å². The molecule has 0 bridgehead atoms. The highest BCUT2D eigenvalue weighted by atomic mass is 35.5. The first kappa shape index (κ1) is 11.9.